The molecule has 0 spiro atoms. The first-order chi connectivity index (χ1) is 32.5. The summed E-state index contributed by atoms with van der Waals surface area (Å²) >= 11 is 0. The van der Waals surface area contributed by atoms with E-state index in [4.69, 9.17) is 0 Å². The van der Waals surface area contributed by atoms with Crippen LogP contribution < -0.4 is 4.90 Å². The number of aromatic nitrogens is 1. The largest absolute Gasteiger partial charge is 0.308 e. The molecule has 2 heteroatoms. The Morgan fingerprint density at radius 3 is 1.85 bits per heavy atom. The molecule has 0 amide bonds. The molecule has 8 aromatic carbocycles. The van der Waals surface area contributed by atoms with Crippen LogP contribution in [-0.4, -0.2) is 4.98 Å². The fraction of sp³-hybridized carbons (Fsp3) is 0.141. The van der Waals surface area contributed by atoms with Crippen LogP contribution in [0.15, 0.2) is 225 Å². The van der Waals surface area contributed by atoms with Crippen LogP contribution in [0, 0.1) is 0 Å². The van der Waals surface area contributed by atoms with Crippen LogP contribution in [-0.2, 0) is 0 Å². The predicted molar refractivity (Wildman–Crippen MR) is 292 cm³/mol. The van der Waals surface area contributed by atoms with Crippen molar-refractivity contribution in [3.05, 3.63) is 236 Å². The predicted octanol–water partition coefficient (Wildman–Crippen LogP) is 19.3. The van der Waals surface area contributed by atoms with E-state index < -0.39 is 0 Å². The van der Waals surface area contributed by atoms with Crippen molar-refractivity contribution in [2.45, 2.75) is 60.8 Å². The molecule has 11 rings (SSSR count). The average molecular weight is 859 g/mol. The van der Waals surface area contributed by atoms with Crippen LogP contribution >= 0.6 is 0 Å². The van der Waals surface area contributed by atoms with Crippen molar-refractivity contribution in [3.8, 4) is 22.3 Å². The molecular formula is C64H62N2. The van der Waals surface area contributed by atoms with Crippen LogP contribution in [0.5, 0.6) is 0 Å². The lowest BCUT2D eigenvalue weighted by Crippen LogP contribution is -2.16. The fourth-order valence-corrected chi connectivity index (χ4v) is 8.89. The smallest absolute Gasteiger partial charge is 0.0723 e. The summed E-state index contributed by atoms with van der Waals surface area (Å²) in [6.45, 7) is 20.9. The van der Waals surface area contributed by atoms with E-state index >= 15 is 0 Å². The molecule has 1 atom stereocenters. The fourth-order valence-electron chi connectivity index (χ4n) is 8.89. The maximum Gasteiger partial charge on any atom is 0.0723 e. The molecule has 2 aliphatic rings. The van der Waals surface area contributed by atoms with Crippen molar-refractivity contribution in [1.29, 1.82) is 0 Å². The van der Waals surface area contributed by atoms with Gasteiger partial charge in [-0.25, -0.2) is 0 Å². The summed E-state index contributed by atoms with van der Waals surface area (Å²) in [5, 5.41) is 10.3. The molecule has 1 aliphatic heterocycles. The van der Waals surface area contributed by atoms with E-state index in [2.05, 4.69) is 219 Å². The van der Waals surface area contributed by atoms with E-state index in [1.807, 2.05) is 47.0 Å². The van der Waals surface area contributed by atoms with Gasteiger partial charge < -0.3 is 4.90 Å². The molecular weight excluding hydrogens is 797 g/mol. The van der Waals surface area contributed by atoms with Gasteiger partial charge in [0.2, 0.25) is 0 Å². The summed E-state index contributed by atoms with van der Waals surface area (Å²) in [5.41, 5.74) is 13.6. The SMILES string of the molecule is C1=CC(c2ccc3c4ccccc4c4ccccc4c3c2)=CC(c2cccc(N3c4cnccc4-c4cc(-c5ccccc5)cc5cccc3c45)c2)C1.C=CC=C.CC.CC.CC=C(C)C. The minimum atomic E-state index is 0.258. The Balaban J connectivity index is 0.000000449. The zero-order valence-corrected chi connectivity index (χ0v) is 39.7. The van der Waals surface area contributed by atoms with Gasteiger partial charge in [0.05, 0.1) is 17.6 Å². The summed E-state index contributed by atoms with van der Waals surface area (Å²) in [6.07, 6.45) is 17.4. The second kappa shape index (κ2) is 21.9. The third kappa shape index (κ3) is 9.46. The Labute approximate surface area is 393 Å². The molecule has 328 valence electrons. The number of fused-ring (bicyclic) bond motifs is 8. The number of anilines is 3. The van der Waals surface area contributed by atoms with Crippen LogP contribution in [0.3, 0.4) is 0 Å². The number of nitrogens with zero attached hydrogens (tertiary/aromatic N) is 2. The third-order valence-electron chi connectivity index (χ3n) is 12.1. The number of rotatable bonds is 5. The van der Waals surface area contributed by atoms with Gasteiger partial charge in [0.1, 0.15) is 0 Å². The summed E-state index contributed by atoms with van der Waals surface area (Å²) in [4.78, 5) is 7.05. The summed E-state index contributed by atoms with van der Waals surface area (Å²) in [6, 6.07) is 58.0. The lowest BCUT2D eigenvalue weighted by Gasteiger charge is -2.34. The molecule has 0 saturated carbocycles. The van der Waals surface area contributed by atoms with E-state index in [1.165, 1.54) is 93.3 Å². The summed E-state index contributed by atoms with van der Waals surface area (Å²) < 4.78 is 0. The maximum atomic E-state index is 4.64. The molecule has 1 aromatic heterocycles. The van der Waals surface area contributed by atoms with E-state index in [0.29, 0.717) is 0 Å². The minimum absolute atomic E-state index is 0.258. The Kier molecular flexibility index (Phi) is 15.4. The summed E-state index contributed by atoms with van der Waals surface area (Å²) in [5.74, 6) is 0.258. The van der Waals surface area contributed by atoms with E-state index in [0.717, 1.165) is 17.8 Å². The van der Waals surface area contributed by atoms with Gasteiger partial charge in [0, 0.05) is 28.8 Å². The highest BCUT2D eigenvalue weighted by atomic mass is 15.2. The Hall–Kier alpha value is -7.55. The second-order valence-electron chi connectivity index (χ2n) is 16.1. The van der Waals surface area contributed by atoms with Crippen LogP contribution in [0.25, 0.3) is 70.9 Å². The number of hydrogen-bond acceptors (Lipinski definition) is 2. The van der Waals surface area contributed by atoms with Gasteiger partial charge >= 0.3 is 0 Å². The topological polar surface area (TPSA) is 16.1 Å². The van der Waals surface area contributed by atoms with Gasteiger partial charge in [-0.1, -0.05) is 198 Å². The number of benzene rings is 8. The zero-order valence-electron chi connectivity index (χ0n) is 39.7. The van der Waals surface area contributed by atoms with Crippen molar-refractivity contribution in [2.24, 2.45) is 0 Å². The highest BCUT2D eigenvalue weighted by Crippen LogP contribution is 2.52. The summed E-state index contributed by atoms with van der Waals surface area (Å²) in [7, 11) is 0. The van der Waals surface area contributed by atoms with Crippen LogP contribution in [0.1, 0.15) is 71.9 Å². The van der Waals surface area contributed by atoms with Gasteiger partial charge in [-0.05, 0) is 141 Å². The van der Waals surface area contributed by atoms with E-state index in [1.54, 1.807) is 12.2 Å². The van der Waals surface area contributed by atoms with Crippen molar-refractivity contribution in [3.63, 3.8) is 0 Å². The normalized spacial score (nSPS) is 13.0. The standard InChI is InChI=1S/C51H34N2.C5H10.C4H6.2C2H6/c1-2-11-33(12-3-1)39-28-38-16-10-22-49-51(38)48(31-39)46-25-26-52-32-50(46)53(49)40-17-9-15-36(29-40)34-13-8-14-35(27-34)37-23-24-45-43-20-5-4-18-41(43)42-19-6-7-21-44(42)47(45)30-37;1-4-5(2)3;1-3-4-2;2*1-2/h1-12,14-32,34H,13H2;4H,1-3H3;3-4H,1-2H2;2*1-2H3. The molecule has 0 bridgehead atoms. The molecule has 66 heavy (non-hydrogen) atoms. The highest BCUT2D eigenvalue weighted by molar-refractivity contribution is 6.25. The second-order valence-corrected chi connectivity index (χ2v) is 16.1. The monoisotopic (exact) mass is 858 g/mol. The van der Waals surface area contributed by atoms with Crippen molar-refractivity contribution >= 4 is 65.7 Å². The molecule has 0 saturated heterocycles. The number of hydrogen-bond donors (Lipinski definition) is 0. The molecule has 9 aromatic rings. The van der Waals surface area contributed by atoms with Crippen molar-refractivity contribution < 1.29 is 0 Å². The molecule has 0 fully saturated rings. The van der Waals surface area contributed by atoms with E-state index in [9.17, 15) is 0 Å². The Bertz CT molecular complexity index is 3190. The molecule has 2 nitrogen and oxygen atoms in total. The first kappa shape index (κ1) is 46.4. The number of pyridine rings is 1. The lowest BCUT2D eigenvalue weighted by molar-refractivity contribution is 0.857. The van der Waals surface area contributed by atoms with Crippen molar-refractivity contribution in [2.75, 3.05) is 4.90 Å². The van der Waals surface area contributed by atoms with Crippen LogP contribution in [0.4, 0.5) is 17.1 Å². The molecule has 2 heterocycles. The quantitative estimate of drug-likeness (QED) is 0.0974. The van der Waals surface area contributed by atoms with Crippen molar-refractivity contribution in [1.82, 2.24) is 4.98 Å². The maximum absolute atomic E-state index is 4.64. The number of allylic oxidation sites excluding steroid dienone is 8. The molecule has 0 N–H and O–H groups in total. The average Bonchev–Trinajstić information content (AvgIpc) is 3.40. The van der Waals surface area contributed by atoms with Crippen LogP contribution in [0.2, 0.25) is 0 Å². The van der Waals surface area contributed by atoms with Gasteiger partial charge in [0.25, 0.3) is 0 Å². The van der Waals surface area contributed by atoms with Gasteiger partial charge in [0.15, 0.2) is 0 Å². The van der Waals surface area contributed by atoms with E-state index in [-0.39, 0.29) is 5.92 Å². The first-order valence-electron chi connectivity index (χ1n) is 23.5. The molecule has 0 radical (unpaired) electrons. The third-order valence-corrected chi connectivity index (χ3v) is 12.1. The molecule has 1 aliphatic carbocycles. The minimum Gasteiger partial charge on any atom is -0.308 e. The highest BCUT2D eigenvalue weighted by Gasteiger charge is 2.27. The van der Waals surface area contributed by atoms with Gasteiger partial charge in [-0.3, -0.25) is 4.98 Å². The zero-order chi connectivity index (χ0) is 46.6. The first-order valence-corrected chi connectivity index (χ1v) is 23.5. The lowest BCUT2D eigenvalue weighted by atomic mass is 9.85. The van der Waals surface area contributed by atoms with Gasteiger partial charge in [-0.15, -0.1) is 0 Å². The Morgan fingerprint density at radius 1 is 0.576 bits per heavy atom. The van der Waals surface area contributed by atoms with Gasteiger partial charge in [-0.2, -0.15) is 0 Å². The molecule has 1 unspecified atom stereocenters. The Morgan fingerprint density at radius 2 is 1.20 bits per heavy atom.